The molecule has 0 amide bonds. The standard InChI is InChI=1S/C4H10N2O2/c7-4-2-1-3-5-6-8/h7H,1-4H2,(H,5,8). The number of rotatable bonds is 5. The Morgan fingerprint density at radius 1 is 1.50 bits per heavy atom. The van der Waals surface area contributed by atoms with E-state index in [-0.39, 0.29) is 6.61 Å². The van der Waals surface area contributed by atoms with Crippen LogP contribution in [0.25, 0.3) is 0 Å². The van der Waals surface area contributed by atoms with Crippen LogP contribution in [-0.4, -0.2) is 18.3 Å². The molecule has 0 aliphatic carbocycles. The quantitative estimate of drug-likeness (QED) is 0.304. The van der Waals surface area contributed by atoms with Crippen molar-refractivity contribution in [1.29, 1.82) is 0 Å². The van der Waals surface area contributed by atoms with E-state index >= 15 is 0 Å². The third-order valence-electron chi connectivity index (χ3n) is 0.761. The monoisotopic (exact) mass is 118 g/mol. The lowest BCUT2D eigenvalue weighted by Gasteiger charge is -1.92. The zero-order valence-corrected chi connectivity index (χ0v) is 4.63. The zero-order valence-electron chi connectivity index (χ0n) is 4.63. The molecule has 0 saturated carbocycles. The van der Waals surface area contributed by atoms with E-state index in [1.807, 2.05) is 0 Å². The molecule has 0 heterocycles. The van der Waals surface area contributed by atoms with Crippen molar-refractivity contribution in [2.75, 3.05) is 13.2 Å². The summed E-state index contributed by atoms with van der Waals surface area (Å²) in [5, 5.41) is 10.7. The van der Waals surface area contributed by atoms with Crippen molar-refractivity contribution in [2.45, 2.75) is 12.8 Å². The molecule has 0 atom stereocenters. The topological polar surface area (TPSA) is 61.7 Å². The summed E-state index contributed by atoms with van der Waals surface area (Å²) in [5.74, 6) is 0. The van der Waals surface area contributed by atoms with Crippen molar-refractivity contribution >= 4 is 0 Å². The van der Waals surface area contributed by atoms with Crippen molar-refractivity contribution in [3.05, 3.63) is 4.91 Å². The summed E-state index contributed by atoms with van der Waals surface area (Å²) in [4.78, 5) is 9.34. The number of hydrogen-bond acceptors (Lipinski definition) is 3. The smallest absolute Gasteiger partial charge is 0.0496 e. The van der Waals surface area contributed by atoms with Gasteiger partial charge in [0.15, 0.2) is 0 Å². The lowest BCUT2D eigenvalue weighted by atomic mass is 10.3. The maximum Gasteiger partial charge on any atom is 0.0496 e. The summed E-state index contributed by atoms with van der Waals surface area (Å²) in [5.41, 5.74) is 2.24. The van der Waals surface area contributed by atoms with Gasteiger partial charge < -0.3 is 5.11 Å². The van der Waals surface area contributed by atoms with Crippen LogP contribution in [0.1, 0.15) is 12.8 Å². The number of hydrogen-bond donors (Lipinski definition) is 2. The lowest BCUT2D eigenvalue weighted by molar-refractivity contribution is 0.284. The fraction of sp³-hybridized carbons (Fsp3) is 1.00. The molecule has 0 saturated heterocycles. The van der Waals surface area contributed by atoms with E-state index in [1.54, 1.807) is 0 Å². The van der Waals surface area contributed by atoms with Gasteiger partial charge in [0.25, 0.3) is 0 Å². The molecular formula is C4H10N2O2. The molecule has 0 spiro atoms. The van der Waals surface area contributed by atoms with Crippen molar-refractivity contribution < 1.29 is 5.11 Å². The van der Waals surface area contributed by atoms with Crippen LogP contribution in [-0.2, 0) is 0 Å². The predicted octanol–water partition coefficient (Wildman–Crippen LogP) is 0.0299. The molecule has 2 N–H and O–H groups in total. The number of nitrogens with one attached hydrogen (secondary N) is 1. The first-order valence-corrected chi connectivity index (χ1v) is 2.58. The number of aliphatic hydroxyl groups is 1. The Morgan fingerprint density at radius 3 is 2.75 bits per heavy atom. The highest BCUT2D eigenvalue weighted by Crippen LogP contribution is 1.82. The van der Waals surface area contributed by atoms with Gasteiger partial charge in [-0.15, -0.1) is 4.91 Å². The number of nitrogens with zero attached hydrogens (tertiary/aromatic N) is 1. The molecule has 4 heteroatoms. The summed E-state index contributed by atoms with van der Waals surface area (Å²) in [7, 11) is 0. The van der Waals surface area contributed by atoms with Crippen molar-refractivity contribution in [3.8, 4) is 0 Å². The van der Waals surface area contributed by atoms with E-state index in [0.717, 1.165) is 12.8 Å². The SMILES string of the molecule is O=NNCCCCO. The Hall–Kier alpha value is -0.640. The Labute approximate surface area is 47.8 Å². The second kappa shape index (κ2) is 6.36. The molecule has 0 fully saturated rings. The molecule has 8 heavy (non-hydrogen) atoms. The fourth-order valence-corrected chi connectivity index (χ4v) is 0.362. The first-order valence-electron chi connectivity index (χ1n) is 2.58. The number of aliphatic hydroxyl groups excluding tert-OH is 1. The fourth-order valence-electron chi connectivity index (χ4n) is 0.362. The predicted molar refractivity (Wildman–Crippen MR) is 30.1 cm³/mol. The van der Waals surface area contributed by atoms with Crippen LogP contribution in [0.4, 0.5) is 0 Å². The van der Waals surface area contributed by atoms with Crippen LogP contribution in [0, 0.1) is 4.91 Å². The van der Waals surface area contributed by atoms with Crippen LogP contribution in [0.5, 0.6) is 0 Å². The van der Waals surface area contributed by atoms with Gasteiger partial charge in [0.05, 0.1) is 0 Å². The van der Waals surface area contributed by atoms with E-state index in [2.05, 4.69) is 10.7 Å². The van der Waals surface area contributed by atoms with Gasteiger partial charge in [-0.1, -0.05) is 0 Å². The average molecular weight is 118 g/mol. The highest BCUT2D eigenvalue weighted by Gasteiger charge is 1.82. The van der Waals surface area contributed by atoms with E-state index in [0.29, 0.717) is 6.54 Å². The highest BCUT2D eigenvalue weighted by molar-refractivity contribution is 4.39. The third kappa shape index (κ3) is 5.36. The Bertz CT molecular complexity index is 58.0. The van der Waals surface area contributed by atoms with Crippen LogP contribution < -0.4 is 5.43 Å². The van der Waals surface area contributed by atoms with Gasteiger partial charge in [0, 0.05) is 18.4 Å². The van der Waals surface area contributed by atoms with E-state index in [1.165, 1.54) is 0 Å². The Kier molecular flexibility index (Phi) is 5.85. The maximum atomic E-state index is 9.34. The van der Waals surface area contributed by atoms with Crippen LogP contribution >= 0.6 is 0 Å². The molecule has 0 rings (SSSR count). The first-order chi connectivity index (χ1) is 3.91. The minimum atomic E-state index is 0.181. The van der Waals surface area contributed by atoms with Crippen molar-refractivity contribution in [2.24, 2.45) is 5.29 Å². The highest BCUT2D eigenvalue weighted by atomic mass is 16.3. The van der Waals surface area contributed by atoms with E-state index < -0.39 is 0 Å². The lowest BCUT2D eigenvalue weighted by Crippen LogP contribution is -2.05. The Morgan fingerprint density at radius 2 is 2.25 bits per heavy atom. The Balaban J connectivity index is 2.62. The summed E-state index contributed by atoms with van der Waals surface area (Å²) in [6, 6.07) is 0. The molecule has 0 aromatic rings. The van der Waals surface area contributed by atoms with Gasteiger partial charge in [-0.2, -0.15) is 0 Å². The summed E-state index contributed by atoms with van der Waals surface area (Å²) >= 11 is 0. The van der Waals surface area contributed by atoms with Gasteiger partial charge >= 0.3 is 0 Å². The van der Waals surface area contributed by atoms with Crippen LogP contribution in [0.2, 0.25) is 0 Å². The normalized spacial score (nSPS) is 8.62. The molecule has 48 valence electrons. The second-order valence-corrected chi connectivity index (χ2v) is 1.43. The molecule has 0 aromatic carbocycles. The average Bonchev–Trinajstić information content (AvgIpc) is 1.81. The second-order valence-electron chi connectivity index (χ2n) is 1.43. The number of unbranched alkanes of at least 4 members (excludes halogenated alkanes) is 1. The van der Waals surface area contributed by atoms with Crippen molar-refractivity contribution in [3.63, 3.8) is 0 Å². The van der Waals surface area contributed by atoms with Gasteiger partial charge in [-0.25, -0.2) is 0 Å². The molecule has 0 unspecified atom stereocenters. The van der Waals surface area contributed by atoms with Crippen LogP contribution in [0.15, 0.2) is 5.29 Å². The van der Waals surface area contributed by atoms with Gasteiger partial charge in [0.1, 0.15) is 0 Å². The van der Waals surface area contributed by atoms with Crippen molar-refractivity contribution in [1.82, 2.24) is 5.43 Å². The largest absolute Gasteiger partial charge is 0.396 e. The summed E-state index contributed by atoms with van der Waals surface area (Å²) < 4.78 is 0. The molecular weight excluding hydrogens is 108 g/mol. The molecule has 0 bridgehead atoms. The number of nitroso groups, excluding NO2 is 1. The molecule has 0 aliphatic heterocycles. The van der Waals surface area contributed by atoms with Crippen LogP contribution in [0.3, 0.4) is 0 Å². The van der Waals surface area contributed by atoms with Gasteiger partial charge in [-0.05, 0) is 12.8 Å². The zero-order chi connectivity index (χ0) is 6.24. The van der Waals surface area contributed by atoms with Gasteiger partial charge in [0.2, 0.25) is 0 Å². The van der Waals surface area contributed by atoms with E-state index in [4.69, 9.17) is 5.11 Å². The maximum absolute atomic E-state index is 9.34. The first kappa shape index (κ1) is 7.36. The van der Waals surface area contributed by atoms with Gasteiger partial charge in [-0.3, -0.25) is 5.43 Å². The molecule has 0 aliphatic rings. The molecule has 0 aromatic heterocycles. The third-order valence-corrected chi connectivity index (χ3v) is 0.761. The summed E-state index contributed by atoms with van der Waals surface area (Å²) in [6.07, 6.45) is 1.52. The molecule has 0 radical (unpaired) electrons. The molecule has 4 nitrogen and oxygen atoms in total. The van der Waals surface area contributed by atoms with E-state index in [9.17, 15) is 4.91 Å². The summed E-state index contributed by atoms with van der Waals surface area (Å²) in [6.45, 7) is 0.741. The minimum absolute atomic E-state index is 0.181. The minimum Gasteiger partial charge on any atom is -0.396 e.